The van der Waals surface area contributed by atoms with Gasteiger partial charge in [-0.15, -0.1) is 0 Å². The highest BCUT2D eigenvalue weighted by atomic mass is 16.5. The number of nitrogen functional groups attached to an aromatic ring is 1. The zero-order chi connectivity index (χ0) is 14.5. The molecule has 2 rings (SSSR count). The molecule has 3 nitrogen and oxygen atoms in total. The van der Waals surface area contributed by atoms with Gasteiger partial charge in [0, 0.05) is 11.8 Å². The third kappa shape index (κ3) is 3.44. The molecule has 0 radical (unpaired) electrons. The van der Waals surface area contributed by atoms with E-state index in [0.717, 1.165) is 33.9 Å². The predicted molar refractivity (Wildman–Crippen MR) is 82.5 cm³/mol. The smallest absolute Gasteiger partial charge is 0.125 e. The van der Waals surface area contributed by atoms with Gasteiger partial charge in [0.05, 0.1) is 0 Å². The lowest BCUT2D eigenvalue weighted by molar-refractivity contribution is 0.215. The Hall–Kier alpha value is -2.16. The van der Waals surface area contributed by atoms with E-state index in [2.05, 4.69) is 0 Å². The molecule has 0 atom stereocenters. The lowest BCUT2D eigenvalue weighted by atomic mass is 10.1. The number of para-hydroxylation sites is 1. The minimum atomic E-state index is 0.496. The highest BCUT2D eigenvalue weighted by Crippen LogP contribution is 2.22. The Bertz CT molecular complexity index is 573. The molecule has 20 heavy (non-hydrogen) atoms. The number of anilines is 1. The van der Waals surface area contributed by atoms with E-state index in [-0.39, 0.29) is 0 Å². The van der Waals surface area contributed by atoms with Crippen LogP contribution in [0.2, 0.25) is 0 Å². The molecule has 0 saturated carbocycles. The number of rotatable bonds is 5. The first-order valence-electron chi connectivity index (χ1n) is 6.76. The van der Waals surface area contributed by atoms with Crippen molar-refractivity contribution in [3.05, 3.63) is 53.1 Å². The fourth-order valence-corrected chi connectivity index (χ4v) is 2.04. The highest BCUT2D eigenvalue weighted by Gasteiger charge is 2.03. The van der Waals surface area contributed by atoms with Crippen LogP contribution in [0, 0.1) is 20.8 Å². The van der Waals surface area contributed by atoms with E-state index < -0.39 is 0 Å². The molecule has 0 aliphatic heterocycles. The lowest BCUT2D eigenvalue weighted by Crippen LogP contribution is -2.10. The van der Waals surface area contributed by atoms with Crippen LogP contribution in [0.25, 0.3) is 0 Å². The van der Waals surface area contributed by atoms with Crippen molar-refractivity contribution in [2.45, 2.75) is 20.8 Å². The minimum absolute atomic E-state index is 0.496. The second kappa shape index (κ2) is 6.33. The summed E-state index contributed by atoms with van der Waals surface area (Å²) < 4.78 is 11.4. The van der Waals surface area contributed by atoms with E-state index in [1.165, 1.54) is 0 Å². The Morgan fingerprint density at radius 2 is 1.50 bits per heavy atom. The summed E-state index contributed by atoms with van der Waals surface area (Å²) in [7, 11) is 0. The third-order valence-electron chi connectivity index (χ3n) is 3.26. The molecule has 0 aromatic heterocycles. The quantitative estimate of drug-likeness (QED) is 0.667. The monoisotopic (exact) mass is 271 g/mol. The molecule has 0 saturated heterocycles. The van der Waals surface area contributed by atoms with Crippen molar-refractivity contribution in [3.8, 4) is 11.5 Å². The molecule has 0 heterocycles. The first-order chi connectivity index (χ1) is 9.58. The van der Waals surface area contributed by atoms with Gasteiger partial charge >= 0.3 is 0 Å². The summed E-state index contributed by atoms with van der Waals surface area (Å²) in [6.45, 7) is 7.08. The number of hydrogen-bond donors (Lipinski definition) is 1. The lowest BCUT2D eigenvalue weighted by Gasteiger charge is -2.13. The van der Waals surface area contributed by atoms with Gasteiger partial charge in [0.25, 0.3) is 0 Å². The first-order valence-corrected chi connectivity index (χ1v) is 6.76. The van der Waals surface area contributed by atoms with Crippen LogP contribution in [0.5, 0.6) is 11.5 Å². The maximum atomic E-state index is 5.84. The van der Waals surface area contributed by atoms with Gasteiger partial charge in [0.15, 0.2) is 0 Å². The van der Waals surface area contributed by atoms with Crippen LogP contribution >= 0.6 is 0 Å². The highest BCUT2D eigenvalue weighted by molar-refractivity contribution is 5.50. The van der Waals surface area contributed by atoms with Crippen LogP contribution < -0.4 is 15.2 Å². The van der Waals surface area contributed by atoms with Crippen LogP contribution in [0.15, 0.2) is 36.4 Å². The molecular formula is C17H21NO2. The van der Waals surface area contributed by atoms with E-state index in [9.17, 15) is 0 Å². The van der Waals surface area contributed by atoms with Gasteiger partial charge in [-0.1, -0.05) is 24.3 Å². The molecule has 0 amide bonds. The van der Waals surface area contributed by atoms with Crippen LogP contribution in [-0.4, -0.2) is 13.2 Å². The van der Waals surface area contributed by atoms with Gasteiger partial charge in [0.2, 0.25) is 0 Å². The molecule has 2 aromatic carbocycles. The number of hydrogen-bond acceptors (Lipinski definition) is 3. The molecule has 0 fully saturated rings. The molecule has 106 valence electrons. The summed E-state index contributed by atoms with van der Waals surface area (Å²) in [6.07, 6.45) is 0. The average Bonchev–Trinajstić information content (AvgIpc) is 2.41. The number of ether oxygens (including phenoxy) is 2. The van der Waals surface area contributed by atoms with Crippen molar-refractivity contribution < 1.29 is 9.47 Å². The van der Waals surface area contributed by atoms with Gasteiger partial charge in [0.1, 0.15) is 24.7 Å². The molecule has 0 aliphatic rings. The van der Waals surface area contributed by atoms with Crippen LogP contribution in [0.3, 0.4) is 0 Å². The van der Waals surface area contributed by atoms with Crippen molar-refractivity contribution in [3.63, 3.8) is 0 Å². The Morgan fingerprint density at radius 1 is 0.850 bits per heavy atom. The number of nitrogens with two attached hydrogens (primary N) is 1. The van der Waals surface area contributed by atoms with Crippen LogP contribution in [0.1, 0.15) is 16.7 Å². The van der Waals surface area contributed by atoms with Gasteiger partial charge in [-0.3, -0.25) is 0 Å². The normalized spacial score (nSPS) is 10.3. The number of aryl methyl sites for hydroxylation is 3. The Kier molecular flexibility index (Phi) is 4.51. The molecular weight excluding hydrogens is 250 g/mol. The first kappa shape index (κ1) is 14.3. The number of benzene rings is 2. The summed E-state index contributed by atoms with van der Waals surface area (Å²) in [4.78, 5) is 0. The van der Waals surface area contributed by atoms with Crippen LogP contribution in [-0.2, 0) is 0 Å². The van der Waals surface area contributed by atoms with Gasteiger partial charge in [-0.2, -0.15) is 0 Å². The van der Waals surface area contributed by atoms with Crippen molar-refractivity contribution in [1.82, 2.24) is 0 Å². The fraction of sp³-hybridized carbons (Fsp3) is 0.294. The minimum Gasteiger partial charge on any atom is -0.490 e. The van der Waals surface area contributed by atoms with Crippen LogP contribution in [0.4, 0.5) is 5.69 Å². The van der Waals surface area contributed by atoms with E-state index >= 15 is 0 Å². The summed E-state index contributed by atoms with van der Waals surface area (Å²) in [6, 6.07) is 11.8. The summed E-state index contributed by atoms with van der Waals surface area (Å²) >= 11 is 0. The zero-order valence-corrected chi connectivity index (χ0v) is 12.3. The zero-order valence-electron chi connectivity index (χ0n) is 12.3. The van der Waals surface area contributed by atoms with Gasteiger partial charge in [-0.25, -0.2) is 0 Å². The Balaban J connectivity index is 1.86. The van der Waals surface area contributed by atoms with Gasteiger partial charge < -0.3 is 15.2 Å². The molecule has 0 unspecified atom stereocenters. The standard InChI is InChI=1S/C17H21NO2/c1-12-7-8-15(11-16(12)18)19-9-10-20-17-13(2)5-4-6-14(17)3/h4-8,11H,9-10,18H2,1-3H3. The molecule has 2 aromatic rings. The summed E-state index contributed by atoms with van der Waals surface area (Å²) in [5.74, 6) is 1.72. The maximum absolute atomic E-state index is 5.84. The summed E-state index contributed by atoms with van der Waals surface area (Å²) in [5, 5.41) is 0. The van der Waals surface area contributed by atoms with E-state index in [1.807, 2.05) is 57.2 Å². The van der Waals surface area contributed by atoms with E-state index in [4.69, 9.17) is 15.2 Å². The molecule has 0 aliphatic carbocycles. The van der Waals surface area contributed by atoms with Crippen molar-refractivity contribution in [1.29, 1.82) is 0 Å². The Labute approximate surface area is 120 Å². The van der Waals surface area contributed by atoms with Crippen molar-refractivity contribution in [2.75, 3.05) is 18.9 Å². The Morgan fingerprint density at radius 3 is 2.15 bits per heavy atom. The molecule has 0 bridgehead atoms. The fourth-order valence-electron chi connectivity index (χ4n) is 2.04. The summed E-state index contributed by atoms with van der Waals surface area (Å²) in [5.41, 5.74) is 9.94. The van der Waals surface area contributed by atoms with E-state index in [0.29, 0.717) is 13.2 Å². The van der Waals surface area contributed by atoms with Crippen molar-refractivity contribution in [2.24, 2.45) is 0 Å². The topological polar surface area (TPSA) is 44.5 Å². The third-order valence-corrected chi connectivity index (χ3v) is 3.26. The van der Waals surface area contributed by atoms with Gasteiger partial charge in [-0.05, 0) is 43.5 Å². The average molecular weight is 271 g/mol. The predicted octanol–water partition coefficient (Wildman–Crippen LogP) is 3.65. The maximum Gasteiger partial charge on any atom is 0.125 e. The molecule has 2 N–H and O–H groups in total. The second-order valence-corrected chi connectivity index (χ2v) is 4.94. The largest absolute Gasteiger partial charge is 0.490 e. The molecule has 0 spiro atoms. The molecule has 3 heteroatoms. The second-order valence-electron chi connectivity index (χ2n) is 4.94. The van der Waals surface area contributed by atoms with Crippen molar-refractivity contribution >= 4 is 5.69 Å². The SMILES string of the molecule is Cc1ccc(OCCOc2c(C)cccc2C)cc1N. The van der Waals surface area contributed by atoms with E-state index in [1.54, 1.807) is 0 Å².